The summed E-state index contributed by atoms with van der Waals surface area (Å²) in [5.41, 5.74) is 6.27. The minimum absolute atomic E-state index is 0.425. The lowest BCUT2D eigenvalue weighted by atomic mass is 10.6. The molecular weight excluding hydrogens is 168 g/mol. The van der Waals surface area contributed by atoms with Gasteiger partial charge in [-0.1, -0.05) is 0 Å². The highest BCUT2D eigenvalue weighted by molar-refractivity contribution is 5.52. The maximum absolute atomic E-state index is 5.57. The molecule has 68 valence electrons. The molecule has 2 aromatic rings. The SMILES string of the molecule is CCOc1nc(N)cn2ccnc12. The first kappa shape index (κ1) is 7.85. The number of ether oxygens (including phenoxy) is 1. The Bertz CT molecular complexity index is 423. The molecule has 5 heteroatoms. The lowest BCUT2D eigenvalue weighted by Crippen LogP contribution is -2.01. The minimum atomic E-state index is 0.425. The van der Waals surface area contributed by atoms with E-state index in [0.29, 0.717) is 24.0 Å². The molecule has 2 aromatic heterocycles. The Morgan fingerprint density at radius 3 is 3.23 bits per heavy atom. The molecule has 0 saturated heterocycles. The molecule has 0 aliphatic heterocycles. The van der Waals surface area contributed by atoms with Crippen molar-refractivity contribution in [1.82, 2.24) is 14.4 Å². The molecular formula is C8H10N4O. The van der Waals surface area contributed by atoms with Gasteiger partial charge in [0, 0.05) is 12.4 Å². The first-order valence-corrected chi connectivity index (χ1v) is 4.03. The number of anilines is 1. The summed E-state index contributed by atoms with van der Waals surface area (Å²) < 4.78 is 7.07. The zero-order chi connectivity index (χ0) is 9.26. The van der Waals surface area contributed by atoms with Gasteiger partial charge in [0.05, 0.1) is 12.8 Å². The van der Waals surface area contributed by atoms with Crippen LogP contribution < -0.4 is 10.5 Å². The van der Waals surface area contributed by atoms with E-state index in [1.807, 2.05) is 6.92 Å². The normalized spacial score (nSPS) is 10.5. The van der Waals surface area contributed by atoms with Gasteiger partial charge in [0.15, 0.2) is 0 Å². The van der Waals surface area contributed by atoms with Crippen molar-refractivity contribution in [2.45, 2.75) is 6.92 Å². The van der Waals surface area contributed by atoms with Crippen LogP contribution in [-0.4, -0.2) is 21.0 Å². The lowest BCUT2D eigenvalue weighted by molar-refractivity contribution is 0.329. The summed E-state index contributed by atoms with van der Waals surface area (Å²) in [5.74, 6) is 0.904. The molecule has 0 radical (unpaired) electrons. The molecule has 2 rings (SSSR count). The summed E-state index contributed by atoms with van der Waals surface area (Å²) in [6.07, 6.45) is 5.18. The van der Waals surface area contributed by atoms with Crippen LogP contribution in [0.2, 0.25) is 0 Å². The number of hydrogen-bond donors (Lipinski definition) is 1. The van der Waals surface area contributed by atoms with Crippen LogP contribution in [0.5, 0.6) is 5.88 Å². The summed E-state index contributed by atoms with van der Waals surface area (Å²) in [6.45, 7) is 2.45. The average molecular weight is 178 g/mol. The number of nitrogens with zero attached hydrogens (tertiary/aromatic N) is 3. The van der Waals surface area contributed by atoms with Crippen LogP contribution in [-0.2, 0) is 0 Å². The van der Waals surface area contributed by atoms with E-state index in [1.54, 1.807) is 23.0 Å². The number of nitrogens with two attached hydrogens (primary N) is 1. The zero-order valence-corrected chi connectivity index (χ0v) is 7.27. The topological polar surface area (TPSA) is 65.4 Å². The van der Waals surface area contributed by atoms with Gasteiger partial charge in [-0.2, -0.15) is 4.98 Å². The minimum Gasteiger partial charge on any atom is -0.475 e. The number of nitrogen functional groups attached to an aromatic ring is 1. The van der Waals surface area contributed by atoms with E-state index >= 15 is 0 Å². The molecule has 2 N–H and O–H groups in total. The van der Waals surface area contributed by atoms with E-state index in [0.717, 1.165) is 0 Å². The van der Waals surface area contributed by atoms with Crippen molar-refractivity contribution in [2.75, 3.05) is 12.3 Å². The number of aromatic nitrogens is 3. The average Bonchev–Trinajstić information content (AvgIpc) is 2.52. The molecule has 0 atom stereocenters. The third kappa shape index (κ3) is 1.28. The van der Waals surface area contributed by atoms with Gasteiger partial charge in [-0.15, -0.1) is 0 Å². The molecule has 0 aliphatic carbocycles. The number of hydrogen-bond acceptors (Lipinski definition) is 4. The molecule has 0 spiro atoms. The third-order valence-corrected chi connectivity index (χ3v) is 1.64. The Hall–Kier alpha value is -1.78. The molecule has 5 nitrogen and oxygen atoms in total. The third-order valence-electron chi connectivity index (χ3n) is 1.64. The standard InChI is InChI=1S/C8H10N4O/c1-2-13-8-7-10-3-4-12(7)5-6(9)11-8/h3-5H,2,9H2,1H3. The van der Waals surface area contributed by atoms with Crippen molar-refractivity contribution >= 4 is 11.5 Å². The molecule has 0 saturated carbocycles. The van der Waals surface area contributed by atoms with Gasteiger partial charge in [-0.05, 0) is 6.92 Å². The first-order valence-electron chi connectivity index (χ1n) is 4.03. The maximum Gasteiger partial charge on any atom is 0.260 e. The molecule has 13 heavy (non-hydrogen) atoms. The molecule has 0 fully saturated rings. The zero-order valence-electron chi connectivity index (χ0n) is 7.27. The van der Waals surface area contributed by atoms with Gasteiger partial charge in [0.2, 0.25) is 5.65 Å². The van der Waals surface area contributed by atoms with Crippen molar-refractivity contribution in [3.8, 4) is 5.88 Å². The maximum atomic E-state index is 5.57. The fourth-order valence-electron chi connectivity index (χ4n) is 1.16. The highest BCUT2D eigenvalue weighted by Crippen LogP contribution is 2.16. The molecule has 2 heterocycles. The Morgan fingerprint density at radius 1 is 1.62 bits per heavy atom. The monoisotopic (exact) mass is 178 g/mol. The Balaban J connectivity index is 2.63. The van der Waals surface area contributed by atoms with Gasteiger partial charge in [-0.25, -0.2) is 4.98 Å². The van der Waals surface area contributed by atoms with Crippen LogP contribution in [0.1, 0.15) is 6.92 Å². The summed E-state index contributed by atoms with van der Waals surface area (Å²) in [7, 11) is 0. The Labute approximate surface area is 75.2 Å². The van der Waals surface area contributed by atoms with Gasteiger partial charge >= 0.3 is 0 Å². The van der Waals surface area contributed by atoms with Gasteiger partial charge in [-0.3, -0.25) is 4.40 Å². The van der Waals surface area contributed by atoms with E-state index < -0.39 is 0 Å². The first-order chi connectivity index (χ1) is 6.31. The molecule has 0 bridgehead atoms. The van der Waals surface area contributed by atoms with Crippen molar-refractivity contribution < 1.29 is 4.74 Å². The van der Waals surface area contributed by atoms with Crippen LogP contribution in [0.15, 0.2) is 18.6 Å². The van der Waals surface area contributed by atoms with Crippen molar-refractivity contribution in [2.24, 2.45) is 0 Å². The van der Waals surface area contributed by atoms with E-state index in [2.05, 4.69) is 9.97 Å². The highest BCUT2D eigenvalue weighted by Gasteiger charge is 2.05. The summed E-state index contributed by atoms with van der Waals surface area (Å²) in [5, 5.41) is 0. The summed E-state index contributed by atoms with van der Waals surface area (Å²) in [6, 6.07) is 0. The van der Waals surface area contributed by atoms with E-state index in [1.165, 1.54) is 0 Å². The van der Waals surface area contributed by atoms with Crippen molar-refractivity contribution in [3.05, 3.63) is 18.6 Å². The van der Waals surface area contributed by atoms with Crippen LogP contribution in [0.3, 0.4) is 0 Å². The van der Waals surface area contributed by atoms with Crippen molar-refractivity contribution in [3.63, 3.8) is 0 Å². The predicted molar refractivity (Wildman–Crippen MR) is 48.6 cm³/mol. The second-order valence-corrected chi connectivity index (χ2v) is 2.56. The lowest BCUT2D eigenvalue weighted by Gasteiger charge is -2.04. The molecule has 0 amide bonds. The van der Waals surface area contributed by atoms with Gasteiger partial charge in [0.1, 0.15) is 5.82 Å². The van der Waals surface area contributed by atoms with Crippen molar-refractivity contribution in [1.29, 1.82) is 0 Å². The number of imidazole rings is 1. The molecule has 0 aliphatic rings. The second-order valence-electron chi connectivity index (χ2n) is 2.56. The van der Waals surface area contributed by atoms with Crippen LogP contribution in [0.4, 0.5) is 5.82 Å². The largest absolute Gasteiger partial charge is 0.475 e. The molecule has 0 unspecified atom stereocenters. The predicted octanol–water partition coefficient (Wildman–Crippen LogP) is 0.710. The number of rotatable bonds is 2. The van der Waals surface area contributed by atoms with Crippen LogP contribution >= 0.6 is 0 Å². The van der Waals surface area contributed by atoms with E-state index in [4.69, 9.17) is 10.5 Å². The summed E-state index contributed by atoms with van der Waals surface area (Å²) in [4.78, 5) is 8.13. The fraction of sp³-hybridized carbons (Fsp3) is 0.250. The highest BCUT2D eigenvalue weighted by atomic mass is 16.5. The Kier molecular flexibility index (Phi) is 1.77. The smallest absolute Gasteiger partial charge is 0.260 e. The summed E-state index contributed by atoms with van der Waals surface area (Å²) >= 11 is 0. The Morgan fingerprint density at radius 2 is 2.46 bits per heavy atom. The fourth-order valence-corrected chi connectivity index (χ4v) is 1.16. The van der Waals surface area contributed by atoms with Crippen LogP contribution in [0, 0.1) is 0 Å². The van der Waals surface area contributed by atoms with E-state index in [9.17, 15) is 0 Å². The quantitative estimate of drug-likeness (QED) is 0.735. The second kappa shape index (κ2) is 2.93. The van der Waals surface area contributed by atoms with Gasteiger partial charge < -0.3 is 10.5 Å². The van der Waals surface area contributed by atoms with Gasteiger partial charge in [0.25, 0.3) is 5.88 Å². The van der Waals surface area contributed by atoms with E-state index in [-0.39, 0.29) is 0 Å². The number of fused-ring (bicyclic) bond motifs is 1. The van der Waals surface area contributed by atoms with Crippen LogP contribution in [0.25, 0.3) is 5.65 Å². The molecule has 0 aromatic carbocycles.